The Bertz CT molecular complexity index is 506. The Labute approximate surface area is 107 Å². The van der Waals surface area contributed by atoms with Crippen molar-refractivity contribution in [3.8, 4) is 0 Å². The second kappa shape index (κ2) is 4.88. The molecule has 1 fully saturated rings. The van der Waals surface area contributed by atoms with Crippen LogP contribution < -0.4 is 11.4 Å². The third kappa shape index (κ3) is 2.12. The molecule has 2 rings (SSSR count). The van der Waals surface area contributed by atoms with Crippen LogP contribution in [0.3, 0.4) is 0 Å². The summed E-state index contributed by atoms with van der Waals surface area (Å²) in [7, 11) is 0. The smallest absolute Gasteiger partial charge is 0.350 e. The van der Waals surface area contributed by atoms with Crippen LogP contribution in [0.5, 0.6) is 0 Å². The van der Waals surface area contributed by atoms with E-state index in [1.54, 1.807) is 6.92 Å². The van der Waals surface area contributed by atoms with E-state index in [1.165, 1.54) is 10.8 Å². The van der Waals surface area contributed by atoms with Gasteiger partial charge in [-0.25, -0.2) is 4.79 Å². The van der Waals surface area contributed by atoms with Crippen molar-refractivity contribution in [2.24, 2.45) is 0 Å². The molecule has 5 N–H and O–H groups in total. The van der Waals surface area contributed by atoms with Gasteiger partial charge in [-0.2, -0.15) is 4.98 Å². The van der Waals surface area contributed by atoms with Crippen LogP contribution in [-0.4, -0.2) is 48.9 Å². The Morgan fingerprint density at radius 1 is 1.50 bits per heavy atom. The van der Waals surface area contributed by atoms with Crippen LogP contribution in [0.4, 0.5) is 5.82 Å². The maximum absolute atomic E-state index is 11.7. The number of anilines is 1. The number of nitrogen functional groups attached to an aromatic ring is 1. The minimum absolute atomic E-state index is 0.146. The molecule has 0 aromatic carbocycles. The average molecular weight is 273 g/mol. The van der Waals surface area contributed by atoms with Crippen molar-refractivity contribution in [2.75, 3.05) is 12.3 Å². The SMILES string of the molecule is Cc1cn([C@@H]2S[C@H](CO)C(O)C2O)c(=O)nc1N. The third-order valence-corrected chi connectivity index (χ3v) is 4.53. The Morgan fingerprint density at radius 2 is 2.17 bits per heavy atom. The fourth-order valence-corrected chi connectivity index (χ4v) is 3.24. The molecule has 8 heteroatoms. The lowest BCUT2D eigenvalue weighted by molar-refractivity contribution is 0.0101. The van der Waals surface area contributed by atoms with Crippen LogP contribution in [0.2, 0.25) is 0 Å². The number of aryl methyl sites for hydroxylation is 1. The second-order valence-corrected chi connectivity index (χ2v) is 5.59. The highest BCUT2D eigenvalue weighted by Gasteiger charge is 2.43. The summed E-state index contributed by atoms with van der Waals surface area (Å²) in [6.45, 7) is 1.43. The van der Waals surface area contributed by atoms with E-state index in [-0.39, 0.29) is 12.4 Å². The minimum atomic E-state index is -1.13. The van der Waals surface area contributed by atoms with Gasteiger partial charge in [-0.05, 0) is 6.92 Å². The summed E-state index contributed by atoms with van der Waals surface area (Å²) in [6, 6.07) is 0. The van der Waals surface area contributed by atoms with E-state index in [1.807, 2.05) is 0 Å². The van der Waals surface area contributed by atoms with Gasteiger partial charge >= 0.3 is 5.69 Å². The molecule has 2 unspecified atom stereocenters. The molecule has 0 spiro atoms. The Morgan fingerprint density at radius 3 is 2.72 bits per heavy atom. The fourth-order valence-electron chi connectivity index (χ4n) is 1.87. The number of thioether (sulfide) groups is 1. The summed E-state index contributed by atoms with van der Waals surface area (Å²) >= 11 is 1.14. The molecule has 1 aliphatic rings. The first-order valence-electron chi connectivity index (χ1n) is 5.43. The van der Waals surface area contributed by atoms with Gasteiger partial charge < -0.3 is 21.1 Å². The molecular formula is C10H15N3O4S. The Balaban J connectivity index is 2.39. The van der Waals surface area contributed by atoms with E-state index in [2.05, 4.69) is 4.98 Å². The molecule has 2 heterocycles. The van der Waals surface area contributed by atoms with Gasteiger partial charge in [-0.15, -0.1) is 11.8 Å². The summed E-state index contributed by atoms with van der Waals surface area (Å²) in [5.41, 5.74) is 5.55. The van der Waals surface area contributed by atoms with Crippen LogP contribution in [0.25, 0.3) is 0 Å². The van der Waals surface area contributed by atoms with Crippen molar-refractivity contribution in [3.63, 3.8) is 0 Å². The Kier molecular flexibility index (Phi) is 3.62. The van der Waals surface area contributed by atoms with Gasteiger partial charge in [0.2, 0.25) is 0 Å². The van der Waals surface area contributed by atoms with Gasteiger partial charge in [0, 0.05) is 11.8 Å². The van der Waals surface area contributed by atoms with Crippen molar-refractivity contribution in [1.29, 1.82) is 0 Å². The molecular weight excluding hydrogens is 258 g/mol. The van der Waals surface area contributed by atoms with Crippen LogP contribution in [-0.2, 0) is 0 Å². The molecule has 0 radical (unpaired) electrons. The summed E-state index contributed by atoms with van der Waals surface area (Å²) in [5, 5.41) is 27.5. The van der Waals surface area contributed by atoms with Crippen molar-refractivity contribution >= 4 is 17.6 Å². The average Bonchev–Trinajstić information content (AvgIpc) is 2.61. The zero-order chi connectivity index (χ0) is 13.4. The lowest BCUT2D eigenvalue weighted by Crippen LogP contribution is -2.36. The lowest BCUT2D eigenvalue weighted by Gasteiger charge is -2.18. The molecule has 0 aliphatic carbocycles. The van der Waals surface area contributed by atoms with Crippen LogP contribution in [0.1, 0.15) is 10.9 Å². The van der Waals surface area contributed by atoms with E-state index in [9.17, 15) is 15.0 Å². The van der Waals surface area contributed by atoms with Gasteiger partial charge in [0.25, 0.3) is 0 Å². The van der Waals surface area contributed by atoms with E-state index in [4.69, 9.17) is 10.8 Å². The second-order valence-electron chi connectivity index (χ2n) is 4.23. The molecule has 7 nitrogen and oxygen atoms in total. The number of hydrogen-bond donors (Lipinski definition) is 4. The summed E-state index contributed by atoms with van der Waals surface area (Å²) in [4.78, 5) is 15.4. The van der Waals surface area contributed by atoms with Gasteiger partial charge in [0.1, 0.15) is 17.3 Å². The lowest BCUT2D eigenvalue weighted by atomic mass is 10.1. The van der Waals surface area contributed by atoms with Gasteiger partial charge in [-0.3, -0.25) is 4.57 Å². The highest BCUT2D eigenvalue weighted by atomic mass is 32.2. The van der Waals surface area contributed by atoms with E-state index >= 15 is 0 Å². The molecule has 0 bridgehead atoms. The van der Waals surface area contributed by atoms with Gasteiger partial charge in [0.15, 0.2) is 0 Å². The van der Waals surface area contributed by atoms with Crippen LogP contribution >= 0.6 is 11.8 Å². The molecule has 1 saturated heterocycles. The maximum atomic E-state index is 11.7. The number of nitrogens with two attached hydrogens (primary N) is 1. The number of hydrogen-bond acceptors (Lipinski definition) is 7. The van der Waals surface area contributed by atoms with Crippen LogP contribution in [0, 0.1) is 6.92 Å². The predicted molar refractivity (Wildman–Crippen MR) is 67.2 cm³/mol. The normalized spacial score (nSPS) is 31.8. The maximum Gasteiger partial charge on any atom is 0.350 e. The topological polar surface area (TPSA) is 122 Å². The van der Waals surface area contributed by atoms with E-state index in [0.717, 1.165) is 11.8 Å². The van der Waals surface area contributed by atoms with Crippen molar-refractivity contribution in [3.05, 3.63) is 22.2 Å². The summed E-state index contributed by atoms with van der Waals surface area (Å²) in [6.07, 6.45) is -0.706. The zero-order valence-electron chi connectivity index (χ0n) is 9.72. The van der Waals surface area contributed by atoms with Crippen molar-refractivity contribution in [1.82, 2.24) is 9.55 Å². The molecule has 0 amide bonds. The van der Waals surface area contributed by atoms with Crippen LogP contribution in [0.15, 0.2) is 11.0 Å². The number of rotatable bonds is 2. The van der Waals surface area contributed by atoms with E-state index in [0.29, 0.717) is 5.56 Å². The number of aliphatic hydroxyl groups excluding tert-OH is 3. The third-order valence-electron chi connectivity index (χ3n) is 2.97. The molecule has 1 aliphatic heterocycles. The molecule has 1 aromatic rings. The van der Waals surface area contributed by atoms with Crippen molar-refractivity contribution in [2.45, 2.75) is 29.8 Å². The first kappa shape index (κ1) is 13.3. The van der Waals surface area contributed by atoms with Crippen molar-refractivity contribution < 1.29 is 15.3 Å². The monoisotopic (exact) mass is 273 g/mol. The highest BCUT2D eigenvalue weighted by Crippen LogP contribution is 2.40. The molecule has 1 aromatic heterocycles. The number of aromatic nitrogens is 2. The molecule has 0 saturated carbocycles. The largest absolute Gasteiger partial charge is 0.395 e. The number of nitrogens with zero attached hydrogens (tertiary/aromatic N) is 2. The minimum Gasteiger partial charge on any atom is -0.395 e. The predicted octanol–water partition coefficient (Wildman–Crippen LogP) is -1.54. The highest BCUT2D eigenvalue weighted by molar-refractivity contribution is 8.00. The summed E-state index contributed by atoms with van der Waals surface area (Å²) < 4.78 is 1.24. The number of aliphatic hydroxyl groups is 3. The summed E-state index contributed by atoms with van der Waals surface area (Å²) in [5.74, 6) is 0.146. The fraction of sp³-hybridized carbons (Fsp3) is 0.600. The van der Waals surface area contributed by atoms with Gasteiger partial charge in [-0.1, -0.05) is 0 Å². The van der Waals surface area contributed by atoms with Gasteiger partial charge in [0.05, 0.1) is 18.0 Å². The first-order valence-corrected chi connectivity index (χ1v) is 6.37. The quantitative estimate of drug-likeness (QED) is 0.515. The standard InChI is InChI=1S/C10H15N3O4S/c1-4-2-13(10(17)12-8(4)11)9-7(16)6(15)5(3-14)18-9/h2,5-7,9,14-16H,3H2,1H3,(H2,11,12,17)/t5-,6?,7?,9-/m1/s1. The first-order chi connectivity index (χ1) is 8.45. The van der Waals surface area contributed by atoms with E-state index < -0.39 is 28.5 Å². The molecule has 18 heavy (non-hydrogen) atoms. The Hall–Kier alpha value is -1.09. The molecule has 4 atom stereocenters. The molecule has 100 valence electrons. The zero-order valence-corrected chi connectivity index (χ0v) is 10.5.